The molecule has 4 aromatic rings. The van der Waals surface area contributed by atoms with Crippen LogP contribution >= 0.6 is 0 Å². The second-order valence-corrected chi connectivity index (χ2v) is 9.68. The maximum Gasteiger partial charge on any atom is 0.251 e. The maximum atomic E-state index is 13.8. The summed E-state index contributed by atoms with van der Waals surface area (Å²) < 4.78 is 0. The number of amides is 1. The van der Waals surface area contributed by atoms with Crippen molar-refractivity contribution in [3.8, 4) is 6.07 Å². The Morgan fingerprint density at radius 3 is 2.46 bits per heavy atom. The topological polar surface area (TPSA) is 118 Å². The summed E-state index contributed by atoms with van der Waals surface area (Å²) >= 11 is 0. The molecule has 0 aliphatic carbocycles. The highest BCUT2D eigenvalue weighted by Gasteiger charge is 2.24. The molecule has 3 aromatic carbocycles. The lowest BCUT2D eigenvalue weighted by molar-refractivity contribution is 0.0694. The summed E-state index contributed by atoms with van der Waals surface area (Å²) in [5.74, 6) is -0.366. The molecule has 0 aliphatic rings. The standard InChI is InChI=1S/C30H30N4O3/c1-30(2,37)19-34-29(36)23-12-13-24-25(18-33-26(24)16-23)28(35)27(22-6-4-3-5-7-22)32-15-14-20-8-10-21(17-31)11-9-20/h3-13,16,18,27,32-33,37H,14-15,19H2,1-2H3,(H,34,36)/t27-/m0/s1. The molecule has 1 atom stereocenters. The molecule has 7 heteroatoms. The molecule has 0 unspecified atom stereocenters. The van der Waals surface area contributed by atoms with Crippen LogP contribution in [0.25, 0.3) is 10.9 Å². The van der Waals surface area contributed by atoms with Gasteiger partial charge in [0.2, 0.25) is 0 Å². The number of nitrogens with one attached hydrogen (secondary N) is 3. The molecule has 4 N–H and O–H groups in total. The number of H-pyrrole nitrogens is 1. The van der Waals surface area contributed by atoms with E-state index >= 15 is 0 Å². The number of aliphatic hydroxyl groups is 1. The fourth-order valence-corrected chi connectivity index (χ4v) is 4.14. The number of nitrogens with zero attached hydrogens (tertiary/aromatic N) is 1. The highest BCUT2D eigenvalue weighted by molar-refractivity contribution is 6.11. The van der Waals surface area contributed by atoms with E-state index in [0.717, 1.165) is 16.5 Å². The third-order valence-corrected chi connectivity index (χ3v) is 6.13. The van der Waals surface area contributed by atoms with Crippen LogP contribution in [0, 0.1) is 11.3 Å². The van der Waals surface area contributed by atoms with Crippen molar-refractivity contribution in [2.45, 2.75) is 31.9 Å². The molecule has 4 rings (SSSR count). The van der Waals surface area contributed by atoms with Gasteiger partial charge in [-0.25, -0.2) is 0 Å². The molecule has 0 fully saturated rings. The van der Waals surface area contributed by atoms with E-state index in [-0.39, 0.29) is 18.2 Å². The SMILES string of the molecule is CC(C)(O)CNC(=O)c1ccc2c(C(=O)[C@@H](NCCc3ccc(C#N)cc3)c3ccccc3)c[nH]c2c1. The van der Waals surface area contributed by atoms with Crippen LogP contribution in [0.2, 0.25) is 0 Å². The lowest BCUT2D eigenvalue weighted by atomic mass is 9.96. The first-order valence-electron chi connectivity index (χ1n) is 12.2. The third-order valence-electron chi connectivity index (χ3n) is 6.13. The molecular weight excluding hydrogens is 464 g/mol. The van der Waals surface area contributed by atoms with Crippen LogP contribution in [0.4, 0.5) is 0 Å². The highest BCUT2D eigenvalue weighted by atomic mass is 16.3. The van der Waals surface area contributed by atoms with Gasteiger partial charge in [0.25, 0.3) is 5.91 Å². The molecule has 0 bridgehead atoms. The van der Waals surface area contributed by atoms with Crippen molar-refractivity contribution in [1.29, 1.82) is 5.26 Å². The summed E-state index contributed by atoms with van der Waals surface area (Å²) in [6.07, 6.45) is 2.39. The number of Topliss-reactive ketones (excluding diaryl/α,β-unsaturated/α-hetero) is 1. The number of carbonyl (C=O) groups excluding carboxylic acids is 2. The number of aromatic amines is 1. The molecule has 0 aliphatic heterocycles. The van der Waals surface area contributed by atoms with E-state index in [9.17, 15) is 14.7 Å². The molecule has 1 amide bonds. The Balaban J connectivity index is 1.53. The smallest absolute Gasteiger partial charge is 0.251 e. The van der Waals surface area contributed by atoms with Gasteiger partial charge in [-0.15, -0.1) is 0 Å². The minimum Gasteiger partial charge on any atom is -0.389 e. The first-order chi connectivity index (χ1) is 17.7. The first-order valence-corrected chi connectivity index (χ1v) is 12.2. The van der Waals surface area contributed by atoms with Crippen molar-refractivity contribution in [1.82, 2.24) is 15.6 Å². The Bertz CT molecular complexity index is 1430. The molecular formula is C30H30N4O3. The first kappa shape index (κ1) is 25.8. The quantitative estimate of drug-likeness (QED) is 0.245. The average Bonchev–Trinajstić information content (AvgIpc) is 3.33. The summed E-state index contributed by atoms with van der Waals surface area (Å²) in [4.78, 5) is 29.4. The predicted molar refractivity (Wildman–Crippen MR) is 143 cm³/mol. The van der Waals surface area contributed by atoms with Gasteiger partial charge in [0.05, 0.1) is 23.3 Å². The fraction of sp³-hybridized carbons (Fsp3) is 0.233. The van der Waals surface area contributed by atoms with E-state index in [2.05, 4.69) is 21.7 Å². The minimum absolute atomic E-state index is 0.0727. The number of hydrogen-bond donors (Lipinski definition) is 4. The molecule has 0 radical (unpaired) electrons. The van der Waals surface area contributed by atoms with Crippen molar-refractivity contribution in [2.24, 2.45) is 0 Å². The number of hydrogen-bond acceptors (Lipinski definition) is 5. The summed E-state index contributed by atoms with van der Waals surface area (Å²) in [6, 6.07) is 23.8. The van der Waals surface area contributed by atoms with Gasteiger partial charge >= 0.3 is 0 Å². The number of nitriles is 1. The van der Waals surface area contributed by atoms with Crippen LogP contribution in [0.5, 0.6) is 0 Å². The lowest BCUT2D eigenvalue weighted by Crippen LogP contribution is -2.38. The number of aromatic nitrogens is 1. The van der Waals surface area contributed by atoms with Gasteiger partial charge < -0.3 is 20.7 Å². The Kier molecular flexibility index (Phi) is 7.83. The van der Waals surface area contributed by atoms with Gasteiger partial charge in [-0.2, -0.15) is 5.26 Å². The highest BCUT2D eigenvalue weighted by Crippen LogP contribution is 2.26. The summed E-state index contributed by atoms with van der Waals surface area (Å²) in [7, 11) is 0. The predicted octanol–water partition coefficient (Wildman–Crippen LogP) is 4.30. The normalized spacial score (nSPS) is 12.2. The van der Waals surface area contributed by atoms with E-state index in [1.807, 2.05) is 42.5 Å². The van der Waals surface area contributed by atoms with Gasteiger partial charge in [-0.05, 0) is 55.7 Å². The van der Waals surface area contributed by atoms with Crippen LogP contribution < -0.4 is 10.6 Å². The van der Waals surface area contributed by atoms with E-state index < -0.39 is 11.6 Å². The van der Waals surface area contributed by atoms with Crippen molar-refractivity contribution in [2.75, 3.05) is 13.1 Å². The second kappa shape index (κ2) is 11.2. The van der Waals surface area contributed by atoms with Crippen LogP contribution in [-0.4, -0.2) is 40.5 Å². The summed E-state index contributed by atoms with van der Waals surface area (Å²) in [6.45, 7) is 3.96. The largest absolute Gasteiger partial charge is 0.389 e. The number of fused-ring (bicyclic) bond motifs is 1. The minimum atomic E-state index is -1.01. The molecule has 188 valence electrons. The summed E-state index contributed by atoms with van der Waals surface area (Å²) in [5.41, 5.74) is 3.22. The van der Waals surface area contributed by atoms with E-state index in [4.69, 9.17) is 5.26 Å². The number of benzene rings is 3. The zero-order valence-electron chi connectivity index (χ0n) is 20.9. The Morgan fingerprint density at radius 1 is 1.05 bits per heavy atom. The second-order valence-electron chi connectivity index (χ2n) is 9.68. The van der Waals surface area contributed by atoms with Crippen molar-refractivity contribution in [3.63, 3.8) is 0 Å². The van der Waals surface area contributed by atoms with E-state index in [1.165, 1.54) is 0 Å². The Labute approximate surface area is 216 Å². The van der Waals surface area contributed by atoms with Gasteiger partial charge in [-0.3, -0.25) is 9.59 Å². The fourth-order valence-electron chi connectivity index (χ4n) is 4.14. The number of carbonyl (C=O) groups is 2. The van der Waals surface area contributed by atoms with Gasteiger partial charge in [-0.1, -0.05) is 48.5 Å². The summed E-state index contributed by atoms with van der Waals surface area (Å²) in [5, 5.41) is 25.7. The van der Waals surface area contributed by atoms with Crippen LogP contribution in [-0.2, 0) is 6.42 Å². The Morgan fingerprint density at radius 2 is 1.78 bits per heavy atom. The molecule has 0 spiro atoms. The molecule has 1 aromatic heterocycles. The Hall–Kier alpha value is -4.25. The van der Waals surface area contributed by atoms with Gasteiger partial charge in [0.15, 0.2) is 5.78 Å². The van der Waals surface area contributed by atoms with Crippen LogP contribution in [0.15, 0.2) is 79.0 Å². The van der Waals surface area contributed by atoms with Gasteiger partial charge in [0.1, 0.15) is 0 Å². The zero-order valence-corrected chi connectivity index (χ0v) is 20.9. The zero-order chi connectivity index (χ0) is 26.4. The number of ketones is 1. The lowest BCUT2D eigenvalue weighted by Gasteiger charge is -2.18. The van der Waals surface area contributed by atoms with E-state index in [1.54, 1.807) is 50.4 Å². The van der Waals surface area contributed by atoms with Crippen molar-refractivity contribution < 1.29 is 14.7 Å². The van der Waals surface area contributed by atoms with E-state index in [0.29, 0.717) is 35.2 Å². The molecule has 37 heavy (non-hydrogen) atoms. The van der Waals surface area contributed by atoms with Gasteiger partial charge in [0, 0.05) is 41.3 Å². The third kappa shape index (κ3) is 6.50. The molecule has 1 heterocycles. The molecule has 0 saturated heterocycles. The molecule has 7 nitrogen and oxygen atoms in total. The van der Waals surface area contributed by atoms with Crippen molar-refractivity contribution in [3.05, 3.63) is 107 Å². The average molecular weight is 495 g/mol. The maximum absolute atomic E-state index is 13.8. The monoisotopic (exact) mass is 494 g/mol. The van der Waals surface area contributed by atoms with Crippen LogP contribution in [0.1, 0.15) is 57.3 Å². The van der Waals surface area contributed by atoms with Crippen molar-refractivity contribution >= 4 is 22.6 Å². The van der Waals surface area contributed by atoms with Crippen LogP contribution in [0.3, 0.4) is 0 Å². The molecule has 0 saturated carbocycles. The number of rotatable bonds is 10.